The van der Waals surface area contributed by atoms with Crippen LogP contribution in [0, 0.1) is 5.41 Å². The van der Waals surface area contributed by atoms with Gasteiger partial charge in [0.2, 0.25) is 5.91 Å². The quantitative estimate of drug-likeness (QED) is 0.822. The molecule has 0 spiro atoms. The number of carbonyl (C=O) groups is 2. The summed E-state index contributed by atoms with van der Waals surface area (Å²) in [5.41, 5.74) is 2.97. The second kappa shape index (κ2) is 7.78. The smallest absolute Gasteiger partial charge is 0.272 e. The van der Waals surface area contributed by atoms with Crippen LogP contribution in [0.5, 0.6) is 5.75 Å². The van der Waals surface area contributed by atoms with E-state index in [2.05, 4.69) is 5.32 Å². The SMILES string of the molecule is COc1cccc(Cn2nc(C(=O)NC3CC3)c3c2CCN(C(=O)C(C)(C)C)C3)c1. The van der Waals surface area contributed by atoms with Crippen molar-refractivity contribution in [3.63, 3.8) is 0 Å². The van der Waals surface area contributed by atoms with Crippen molar-refractivity contribution in [3.05, 3.63) is 46.8 Å². The minimum atomic E-state index is -0.454. The summed E-state index contributed by atoms with van der Waals surface area (Å²) >= 11 is 0. The van der Waals surface area contributed by atoms with E-state index in [4.69, 9.17) is 9.84 Å². The van der Waals surface area contributed by atoms with Gasteiger partial charge in [-0.2, -0.15) is 5.10 Å². The van der Waals surface area contributed by atoms with Gasteiger partial charge >= 0.3 is 0 Å². The van der Waals surface area contributed by atoms with E-state index in [0.717, 1.165) is 35.4 Å². The highest BCUT2D eigenvalue weighted by atomic mass is 16.5. The van der Waals surface area contributed by atoms with E-state index in [1.807, 2.05) is 54.6 Å². The Kier molecular flexibility index (Phi) is 5.30. The van der Waals surface area contributed by atoms with Crippen LogP contribution in [-0.4, -0.2) is 46.2 Å². The predicted molar refractivity (Wildman–Crippen MR) is 113 cm³/mol. The first kappa shape index (κ1) is 20.4. The Hall–Kier alpha value is -2.83. The number of nitrogens with one attached hydrogen (secondary N) is 1. The molecule has 0 bridgehead atoms. The van der Waals surface area contributed by atoms with Crippen LogP contribution >= 0.6 is 0 Å². The molecular formula is C23H30N4O3. The minimum absolute atomic E-state index is 0.0993. The third kappa shape index (κ3) is 4.20. The molecular weight excluding hydrogens is 380 g/mol. The van der Waals surface area contributed by atoms with Crippen LogP contribution < -0.4 is 10.1 Å². The maximum absolute atomic E-state index is 12.9. The van der Waals surface area contributed by atoms with E-state index in [-0.39, 0.29) is 17.9 Å². The molecule has 7 heteroatoms. The highest BCUT2D eigenvalue weighted by molar-refractivity contribution is 5.94. The maximum atomic E-state index is 12.9. The minimum Gasteiger partial charge on any atom is -0.497 e. The number of nitrogens with zero attached hydrogens (tertiary/aromatic N) is 3. The Morgan fingerprint density at radius 3 is 2.70 bits per heavy atom. The van der Waals surface area contributed by atoms with Gasteiger partial charge in [0, 0.05) is 42.2 Å². The summed E-state index contributed by atoms with van der Waals surface area (Å²) in [6.45, 7) is 7.41. The van der Waals surface area contributed by atoms with Crippen LogP contribution in [0.1, 0.15) is 60.9 Å². The molecule has 0 unspecified atom stereocenters. The van der Waals surface area contributed by atoms with Crippen molar-refractivity contribution in [3.8, 4) is 5.75 Å². The average molecular weight is 411 g/mol. The third-order valence-electron chi connectivity index (χ3n) is 5.66. The number of ether oxygens (including phenoxy) is 1. The zero-order chi connectivity index (χ0) is 21.5. The summed E-state index contributed by atoms with van der Waals surface area (Å²) in [5, 5.41) is 7.76. The Morgan fingerprint density at radius 1 is 1.27 bits per heavy atom. The standard InChI is InChI=1S/C23H30N4O3/c1-23(2,3)22(29)26-11-10-19-18(14-26)20(21(28)24-16-8-9-16)25-27(19)13-15-6-5-7-17(12-15)30-4/h5-7,12,16H,8-11,13-14H2,1-4H3,(H,24,28). The molecule has 1 aliphatic carbocycles. The molecule has 1 aromatic carbocycles. The summed E-state index contributed by atoms with van der Waals surface area (Å²) < 4.78 is 7.26. The van der Waals surface area contributed by atoms with Gasteiger partial charge in [0.15, 0.2) is 5.69 Å². The summed E-state index contributed by atoms with van der Waals surface area (Å²) in [4.78, 5) is 27.6. The lowest BCUT2D eigenvalue weighted by atomic mass is 9.93. The van der Waals surface area contributed by atoms with Gasteiger partial charge in [0.05, 0.1) is 13.7 Å². The van der Waals surface area contributed by atoms with Gasteiger partial charge in [-0.1, -0.05) is 32.9 Å². The molecule has 1 aromatic heterocycles. The molecule has 4 rings (SSSR count). The van der Waals surface area contributed by atoms with Crippen molar-refractivity contribution in [2.45, 2.75) is 59.2 Å². The normalized spacial score (nSPS) is 16.2. The van der Waals surface area contributed by atoms with Crippen LogP contribution in [0.4, 0.5) is 0 Å². The van der Waals surface area contributed by atoms with Gasteiger partial charge in [-0.05, 0) is 30.5 Å². The monoisotopic (exact) mass is 410 g/mol. The lowest BCUT2D eigenvalue weighted by Crippen LogP contribution is -2.43. The van der Waals surface area contributed by atoms with Gasteiger partial charge in [-0.3, -0.25) is 14.3 Å². The van der Waals surface area contributed by atoms with Crippen molar-refractivity contribution in [2.75, 3.05) is 13.7 Å². The Bertz CT molecular complexity index is 969. The number of aromatic nitrogens is 2. The molecule has 1 saturated carbocycles. The van der Waals surface area contributed by atoms with Crippen molar-refractivity contribution < 1.29 is 14.3 Å². The highest BCUT2D eigenvalue weighted by Crippen LogP contribution is 2.28. The zero-order valence-electron chi connectivity index (χ0n) is 18.2. The molecule has 1 aliphatic heterocycles. The fourth-order valence-electron chi connectivity index (χ4n) is 3.88. The van der Waals surface area contributed by atoms with Crippen molar-refractivity contribution in [2.24, 2.45) is 5.41 Å². The number of methoxy groups -OCH3 is 1. The van der Waals surface area contributed by atoms with Crippen LogP contribution in [-0.2, 0) is 24.3 Å². The van der Waals surface area contributed by atoms with Crippen LogP contribution in [0.15, 0.2) is 24.3 Å². The molecule has 0 radical (unpaired) electrons. The molecule has 2 amide bonds. The molecule has 2 aromatic rings. The Morgan fingerprint density at radius 2 is 2.03 bits per heavy atom. The van der Waals surface area contributed by atoms with E-state index >= 15 is 0 Å². The summed E-state index contributed by atoms with van der Waals surface area (Å²) in [6.07, 6.45) is 2.73. The first-order chi connectivity index (χ1) is 14.3. The number of benzene rings is 1. The molecule has 1 N–H and O–H groups in total. The summed E-state index contributed by atoms with van der Waals surface area (Å²) in [7, 11) is 1.65. The molecule has 160 valence electrons. The van der Waals surface area contributed by atoms with Crippen molar-refractivity contribution >= 4 is 11.8 Å². The second-order valence-corrected chi connectivity index (χ2v) is 9.26. The number of amides is 2. The van der Waals surface area contributed by atoms with Crippen LogP contribution in [0.2, 0.25) is 0 Å². The van der Waals surface area contributed by atoms with Crippen LogP contribution in [0.25, 0.3) is 0 Å². The van der Waals surface area contributed by atoms with E-state index in [0.29, 0.717) is 31.7 Å². The Balaban J connectivity index is 1.66. The number of hydrogen-bond donors (Lipinski definition) is 1. The molecule has 2 heterocycles. The molecule has 0 atom stereocenters. The lowest BCUT2D eigenvalue weighted by Gasteiger charge is -2.32. The molecule has 1 fully saturated rings. The first-order valence-corrected chi connectivity index (χ1v) is 10.6. The van der Waals surface area contributed by atoms with Crippen molar-refractivity contribution in [1.29, 1.82) is 0 Å². The van der Waals surface area contributed by atoms with Crippen LogP contribution in [0.3, 0.4) is 0 Å². The zero-order valence-corrected chi connectivity index (χ0v) is 18.2. The highest BCUT2D eigenvalue weighted by Gasteiger charge is 2.35. The second-order valence-electron chi connectivity index (χ2n) is 9.26. The average Bonchev–Trinajstić information content (AvgIpc) is 3.46. The number of rotatable bonds is 5. The van der Waals surface area contributed by atoms with E-state index in [1.165, 1.54) is 0 Å². The lowest BCUT2D eigenvalue weighted by molar-refractivity contribution is -0.140. The fraction of sp³-hybridized carbons (Fsp3) is 0.522. The Labute approximate surface area is 177 Å². The van der Waals surface area contributed by atoms with E-state index < -0.39 is 5.41 Å². The number of fused-ring (bicyclic) bond motifs is 1. The topological polar surface area (TPSA) is 76.5 Å². The van der Waals surface area contributed by atoms with Gasteiger partial charge in [0.25, 0.3) is 5.91 Å². The molecule has 2 aliphatic rings. The number of hydrogen-bond acceptors (Lipinski definition) is 4. The first-order valence-electron chi connectivity index (χ1n) is 10.6. The molecule has 7 nitrogen and oxygen atoms in total. The largest absolute Gasteiger partial charge is 0.497 e. The number of carbonyl (C=O) groups excluding carboxylic acids is 2. The summed E-state index contributed by atoms with van der Waals surface area (Å²) in [5.74, 6) is 0.757. The maximum Gasteiger partial charge on any atom is 0.272 e. The van der Waals surface area contributed by atoms with E-state index in [1.54, 1.807) is 7.11 Å². The molecule has 30 heavy (non-hydrogen) atoms. The van der Waals surface area contributed by atoms with Gasteiger partial charge < -0.3 is 15.0 Å². The van der Waals surface area contributed by atoms with E-state index in [9.17, 15) is 9.59 Å². The van der Waals surface area contributed by atoms with Crippen molar-refractivity contribution in [1.82, 2.24) is 20.0 Å². The predicted octanol–water partition coefficient (Wildman–Crippen LogP) is 2.76. The molecule has 0 saturated heterocycles. The van der Waals surface area contributed by atoms with Gasteiger partial charge in [-0.25, -0.2) is 0 Å². The van der Waals surface area contributed by atoms with Gasteiger partial charge in [-0.15, -0.1) is 0 Å². The fourth-order valence-corrected chi connectivity index (χ4v) is 3.88. The third-order valence-corrected chi connectivity index (χ3v) is 5.66. The summed E-state index contributed by atoms with van der Waals surface area (Å²) in [6, 6.07) is 8.13. The van der Waals surface area contributed by atoms with Gasteiger partial charge in [0.1, 0.15) is 5.75 Å².